The average molecular weight is 374 g/mol. The molecule has 6 nitrogen and oxygen atoms in total. The van der Waals surface area contributed by atoms with Gasteiger partial charge < -0.3 is 5.32 Å². The molecule has 0 radical (unpaired) electrons. The van der Waals surface area contributed by atoms with Gasteiger partial charge in [0.2, 0.25) is 0 Å². The SMILES string of the molecule is CC(C)(C)Nc1c(-c2ccc(C#Cc3cnccn3)s2)nc2cnccn12. The maximum absolute atomic E-state index is 4.78. The lowest BCUT2D eigenvalue weighted by atomic mass is 10.1. The van der Waals surface area contributed by atoms with Crippen molar-refractivity contribution in [3.8, 4) is 22.4 Å². The van der Waals surface area contributed by atoms with Crippen LogP contribution in [0.15, 0.2) is 49.3 Å². The van der Waals surface area contributed by atoms with Crippen LogP contribution in [-0.4, -0.2) is 29.9 Å². The highest BCUT2D eigenvalue weighted by Crippen LogP contribution is 2.34. The Balaban J connectivity index is 1.74. The molecule has 134 valence electrons. The first-order valence-electron chi connectivity index (χ1n) is 8.48. The summed E-state index contributed by atoms with van der Waals surface area (Å²) in [7, 11) is 0. The number of nitrogens with zero attached hydrogens (tertiary/aromatic N) is 5. The van der Waals surface area contributed by atoms with Crippen molar-refractivity contribution in [3.63, 3.8) is 0 Å². The summed E-state index contributed by atoms with van der Waals surface area (Å²) in [5.41, 5.74) is 2.26. The molecular formula is C20H18N6S. The van der Waals surface area contributed by atoms with Crippen LogP contribution in [0, 0.1) is 11.8 Å². The van der Waals surface area contributed by atoms with Crippen molar-refractivity contribution in [2.75, 3.05) is 5.32 Å². The maximum Gasteiger partial charge on any atom is 0.157 e. The van der Waals surface area contributed by atoms with Gasteiger partial charge in [-0.15, -0.1) is 11.3 Å². The molecule has 0 atom stereocenters. The lowest BCUT2D eigenvalue weighted by molar-refractivity contribution is 0.629. The Morgan fingerprint density at radius 2 is 1.89 bits per heavy atom. The molecule has 4 rings (SSSR count). The Labute approximate surface area is 161 Å². The van der Waals surface area contributed by atoms with Gasteiger partial charge in [-0.2, -0.15) is 0 Å². The zero-order valence-corrected chi connectivity index (χ0v) is 16.1. The van der Waals surface area contributed by atoms with Gasteiger partial charge >= 0.3 is 0 Å². The Hall–Kier alpha value is -3.24. The minimum absolute atomic E-state index is 0.0974. The molecule has 0 aromatic carbocycles. The quantitative estimate of drug-likeness (QED) is 0.540. The Bertz CT molecular complexity index is 1140. The minimum atomic E-state index is -0.0974. The van der Waals surface area contributed by atoms with Crippen molar-refractivity contribution in [2.24, 2.45) is 0 Å². The molecule has 1 N–H and O–H groups in total. The Morgan fingerprint density at radius 3 is 2.67 bits per heavy atom. The molecule has 27 heavy (non-hydrogen) atoms. The molecule has 4 heterocycles. The summed E-state index contributed by atoms with van der Waals surface area (Å²) in [4.78, 5) is 19.2. The summed E-state index contributed by atoms with van der Waals surface area (Å²) in [5, 5.41) is 3.56. The number of aromatic nitrogens is 5. The van der Waals surface area contributed by atoms with Gasteiger partial charge in [-0.3, -0.25) is 14.4 Å². The summed E-state index contributed by atoms with van der Waals surface area (Å²) in [6, 6.07) is 4.06. The summed E-state index contributed by atoms with van der Waals surface area (Å²) in [5.74, 6) is 7.15. The second-order valence-corrected chi connectivity index (χ2v) is 8.08. The first-order valence-corrected chi connectivity index (χ1v) is 9.30. The number of anilines is 1. The highest BCUT2D eigenvalue weighted by molar-refractivity contribution is 7.16. The van der Waals surface area contributed by atoms with Gasteiger partial charge in [0, 0.05) is 30.3 Å². The maximum atomic E-state index is 4.78. The largest absolute Gasteiger partial charge is 0.365 e. The van der Waals surface area contributed by atoms with E-state index in [0.717, 1.165) is 26.9 Å². The van der Waals surface area contributed by atoms with Crippen molar-refractivity contribution < 1.29 is 0 Å². The van der Waals surface area contributed by atoms with E-state index < -0.39 is 0 Å². The van der Waals surface area contributed by atoms with Gasteiger partial charge in [0.15, 0.2) is 5.65 Å². The molecule has 0 unspecified atom stereocenters. The highest BCUT2D eigenvalue weighted by atomic mass is 32.1. The molecule has 0 bridgehead atoms. The fourth-order valence-electron chi connectivity index (χ4n) is 2.57. The fourth-order valence-corrected chi connectivity index (χ4v) is 3.43. The minimum Gasteiger partial charge on any atom is -0.365 e. The van der Waals surface area contributed by atoms with E-state index in [1.54, 1.807) is 42.3 Å². The van der Waals surface area contributed by atoms with Crippen LogP contribution in [-0.2, 0) is 0 Å². The molecule has 0 spiro atoms. The third kappa shape index (κ3) is 3.81. The summed E-state index contributed by atoms with van der Waals surface area (Å²) in [6.45, 7) is 6.39. The molecule has 0 saturated heterocycles. The van der Waals surface area contributed by atoms with Crippen molar-refractivity contribution in [2.45, 2.75) is 26.3 Å². The van der Waals surface area contributed by atoms with Crippen molar-refractivity contribution in [1.29, 1.82) is 0 Å². The molecule has 4 aromatic rings. The number of hydrogen-bond donors (Lipinski definition) is 1. The predicted molar refractivity (Wildman–Crippen MR) is 108 cm³/mol. The van der Waals surface area contributed by atoms with Gasteiger partial charge in [-0.25, -0.2) is 9.97 Å². The van der Waals surface area contributed by atoms with Crippen LogP contribution in [0.4, 0.5) is 5.82 Å². The lowest BCUT2D eigenvalue weighted by Gasteiger charge is -2.22. The van der Waals surface area contributed by atoms with E-state index in [2.05, 4.69) is 52.9 Å². The van der Waals surface area contributed by atoms with E-state index in [1.807, 2.05) is 22.7 Å². The van der Waals surface area contributed by atoms with Gasteiger partial charge in [0.1, 0.15) is 17.2 Å². The van der Waals surface area contributed by atoms with Crippen molar-refractivity contribution in [1.82, 2.24) is 24.3 Å². The van der Waals surface area contributed by atoms with Gasteiger partial charge in [-0.05, 0) is 44.7 Å². The zero-order valence-electron chi connectivity index (χ0n) is 15.3. The third-order valence-corrected chi connectivity index (χ3v) is 4.65. The normalized spacial score (nSPS) is 11.2. The molecule has 0 aliphatic carbocycles. The molecule has 0 fully saturated rings. The summed E-state index contributed by atoms with van der Waals surface area (Å²) in [6.07, 6.45) is 10.4. The molecule has 0 aliphatic heterocycles. The van der Waals surface area contributed by atoms with E-state index in [0.29, 0.717) is 5.69 Å². The highest BCUT2D eigenvalue weighted by Gasteiger charge is 2.20. The number of imidazole rings is 1. The van der Waals surface area contributed by atoms with Crippen LogP contribution in [0.1, 0.15) is 31.3 Å². The van der Waals surface area contributed by atoms with E-state index >= 15 is 0 Å². The standard InChI is InChI=1S/C20H18N6S/c1-20(2,3)25-19-18(24-17-13-22-10-11-26(17)19)16-7-6-15(27-16)5-4-14-12-21-8-9-23-14/h6-13,25H,1-3H3. The van der Waals surface area contributed by atoms with Gasteiger partial charge in [0.05, 0.1) is 22.1 Å². The smallest absolute Gasteiger partial charge is 0.157 e. The zero-order chi connectivity index (χ0) is 18.9. The number of nitrogens with one attached hydrogen (secondary N) is 1. The monoisotopic (exact) mass is 374 g/mol. The molecule has 0 saturated carbocycles. The molecule has 7 heteroatoms. The first-order chi connectivity index (χ1) is 13.0. The second kappa shape index (κ2) is 6.82. The van der Waals surface area contributed by atoms with Crippen LogP contribution in [0.25, 0.3) is 16.2 Å². The predicted octanol–water partition coefficient (Wildman–Crippen LogP) is 3.86. The Morgan fingerprint density at radius 1 is 1.04 bits per heavy atom. The number of hydrogen-bond acceptors (Lipinski definition) is 6. The van der Waals surface area contributed by atoms with Gasteiger partial charge in [-0.1, -0.05) is 0 Å². The average Bonchev–Trinajstić information content (AvgIpc) is 3.25. The van der Waals surface area contributed by atoms with E-state index in [1.165, 1.54) is 0 Å². The topological polar surface area (TPSA) is 68.0 Å². The van der Waals surface area contributed by atoms with Crippen LogP contribution in [0.5, 0.6) is 0 Å². The fraction of sp³-hybridized carbons (Fsp3) is 0.200. The third-order valence-electron chi connectivity index (χ3n) is 3.64. The van der Waals surface area contributed by atoms with E-state index in [-0.39, 0.29) is 5.54 Å². The van der Waals surface area contributed by atoms with Gasteiger partial charge in [0.25, 0.3) is 0 Å². The Kier molecular flexibility index (Phi) is 4.34. The van der Waals surface area contributed by atoms with Crippen molar-refractivity contribution >= 4 is 22.8 Å². The van der Waals surface area contributed by atoms with E-state index in [4.69, 9.17) is 4.98 Å². The summed E-state index contributed by atoms with van der Waals surface area (Å²) >= 11 is 1.60. The van der Waals surface area contributed by atoms with E-state index in [9.17, 15) is 0 Å². The van der Waals surface area contributed by atoms with Crippen LogP contribution < -0.4 is 5.32 Å². The molecular weight excluding hydrogens is 356 g/mol. The number of fused-ring (bicyclic) bond motifs is 1. The lowest BCUT2D eigenvalue weighted by Crippen LogP contribution is -2.27. The molecule has 0 aliphatic rings. The summed E-state index contributed by atoms with van der Waals surface area (Å²) < 4.78 is 2.03. The first kappa shape index (κ1) is 17.2. The molecule has 0 amide bonds. The van der Waals surface area contributed by atoms with Crippen molar-refractivity contribution in [3.05, 3.63) is 59.9 Å². The van der Waals surface area contributed by atoms with Crippen LogP contribution in [0.3, 0.4) is 0 Å². The number of thiophene rings is 1. The number of rotatable bonds is 2. The van der Waals surface area contributed by atoms with Crippen LogP contribution in [0.2, 0.25) is 0 Å². The van der Waals surface area contributed by atoms with Crippen LogP contribution >= 0.6 is 11.3 Å². The second-order valence-electron chi connectivity index (χ2n) is 6.99. The molecule has 4 aromatic heterocycles.